The zero-order chi connectivity index (χ0) is 50.9. The maximum absolute atomic E-state index is 13.7. The predicted molar refractivity (Wildman–Crippen MR) is 269 cm³/mol. The Morgan fingerprint density at radius 1 is 0.514 bits per heavy atom. The minimum absolute atomic E-state index is 0.0397. The van der Waals surface area contributed by atoms with Crippen LogP contribution in [0.5, 0.6) is 0 Å². The Morgan fingerprint density at radius 3 is 1.17 bits per heavy atom. The number of piperazine rings is 2. The molecule has 2 N–H and O–H groups in total. The van der Waals surface area contributed by atoms with Crippen LogP contribution in [0, 0.1) is 11.6 Å². The van der Waals surface area contributed by atoms with Gasteiger partial charge in [-0.15, -0.1) is 22.7 Å². The van der Waals surface area contributed by atoms with Crippen molar-refractivity contribution in [1.29, 1.82) is 0 Å². The Labute approximate surface area is 417 Å². The summed E-state index contributed by atoms with van der Waals surface area (Å²) in [5, 5.41) is 23.9. The Kier molecular flexibility index (Phi) is 15.8. The zero-order valence-corrected chi connectivity index (χ0v) is 43.6. The third-order valence-electron chi connectivity index (χ3n) is 12.0. The number of nitrogens with zero attached hydrogens (tertiary/aromatic N) is 4. The van der Waals surface area contributed by atoms with Gasteiger partial charge in [0.2, 0.25) is 0 Å². The molecule has 2 aromatic heterocycles. The number of sulfone groups is 2. The Hall–Kier alpha value is -4.62. The number of thiophene rings is 2. The monoisotopic (exact) mass is 1080 g/mol. The molecule has 14 nitrogen and oxygen atoms in total. The van der Waals surface area contributed by atoms with Crippen molar-refractivity contribution >= 4 is 73.8 Å². The molecule has 2 fully saturated rings. The summed E-state index contributed by atoms with van der Waals surface area (Å²) in [4.78, 5) is 3.44. The molecular weight excluding hydrogens is 1020 g/mol. The molecule has 70 heavy (non-hydrogen) atoms. The number of sulfonamides is 2. The van der Waals surface area contributed by atoms with E-state index in [0.29, 0.717) is 22.5 Å². The van der Waals surface area contributed by atoms with E-state index in [0.717, 1.165) is 34.8 Å². The zero-order valence-electron chi connectivity index (χ0n) is 38.7. The van der Waals surface area contributed by atoms with Crippen LogP contribution in [0.15, 0.2) is 150 Å². The van der Waals surface area contributed by atoms with Crippen LogP contribution in [-0.4, -0.2) is 115 Å². The first-order valence-electron chi connectivity index (χ1n) is 22.0. The lowest BCUT2D eigenvalue weighted by Gasteiger charge is -2.42. The maximum Gasteiger partial charge on any atom is 0.252 e. The normalized spacial score (nSPS) is 18.1. The fourth-order valence-corrected chi connectivity index (χ4v) is 16.6. The highest BCUT2D eigenvalue weighted by Crippen LogP contribution is 2.32. The van der Waals surface area contributed by atoms with E-state index < -0.39 is 74.6 Å². The van der Waals surface area contributed by atoms with Crippen molar-refractivity contribution in [3.05, 3.63) is 155 Å². The van der Waals surface area contributed by atoms with E-state index in [1.54, 1.807) is 99.1 Å². The van der Waals surface area contributed by atoms with E-state index in [1.807, 2.05) is 9.80 Å². The number of aliphatic hydroxyl groups is 2. The number of halogens is 2. The molecule has 0 aliphatic carbocycles. The highest BCUT2D eigenvalue weighted by molar-refractivity contribution is 7.92. The van der Waals surface area contributed by atoms with Crippen LogP contribution in [0.4, 0.5) is 20.2 Å². The first-order valence-corrected chi connectivity index (χ1v) is 29.9. The van der Waals surface area contributed by atoms with Crippen LogP contribution in [-0.2, 0) is 50.9 Å². The summed E-state index contributed by atoms with van der Waals surface area (Å²) in [5.41, 5.74) is 0.752. The van der Waals surface area contributed by atoms with E-state index >= 15 is 0 Å². The molecule has 0 unspecified atom stereocenters. The van der Waals surface area contributed by atoms with Crippen molar-refractivity contribution in [3.63, 3.8) is 0 Å². The molecule has 376 valence electrons. The molecule has 2 saturated heterocycles. The summed E-state index contributed by atoms with van der Waals surface area (Å²) < 4.78 is 136. The van der Waals surface area contributed by atoms with Gasteiger partial charge in [0, 0.05) is 50.6 Å². The Bertz CT molecular complexity index is 2980. The van der Waals surface area contributed by atoms with Gasteiger partial charge in [-0.1, -0.05) is 48.5 Å². The Morgan fingerprint density at radius 2 is 0.871 bits per heavy atom. The van der Waals surface area contributed by atoms with Crippen LogP contribution >= 0.6 is 22.7 Å². The number of anilines is 2. The predicted octanol–water partition coefficient (Wildman–Crippen LogP) is 6.94. The SMILES string of the molecule is CC(C)(O)c1ccc(N2CCN(S(=O)(=O)c3cccs3)C[C@@H]2CS(=O)(=O)c2cccc(F)c2)cc1.CC(C)(O)c1ccc(N2CCN(S(=O)(=O)c3cccs3)C[C@@H]2CS(=O)(=O)c2cccc(F)c2)cc1. The van der Waals surface area contributed by atoms with Gasteiger partial charge in [-0.3, -0.25) is 0 Å². The Balaban J connectivity index is 0.000000206. The summed E-state index contributed by atoms with van der Waals surface area (Å²) in [5.74, 6) is -2.09. The second-order valence-electron chi connectivity index (χ2n) is 18.0. The van der Waals surface area contributed by atoms with Crippen molar-refractivity contribution in [2.45, 2.75) is 69.2 Å². The molecule has 4 aromatic carbocycles. The maximum atomic E-state index is 13.7. The number of hydrogen-bond acceptors (Lipinski definition) is 14. The lowest BCUT2D eigenvalue weighted by molar-refractivity contribution is 0.0780. The van der Waals surface area contributed by atoms with Crippen molar-refractivity contribution in [3.8, 4) is 0 Å². The van der Waals surface area contributed by atoms with Gasteiger partial charge in [-0.25, -0.2) is 42.5 Å². The van der Waals surface area contributed by atoms with Crippen LogP contribution < -0.4 is 9.80 Å². The average molecular weight is 1080 g/mol. The number of rotatable bonds is 14. The van der Waals surface area contributed by atoms with Crippen molar-refractivity contribution in [2.75, 3.05) is 60.6 Å². The molecule has 2 atom stereocenters. The van der Waals surface area contributed by atoms with E-state index in [2.05, 4.69) is 0 Å². The molecule has 8 rings (SSSR count). The standard InChI is InChI=1S/2C24H27FN2O5S3/c2*1-24(2,28)18-8-10-20(11-9-18)27-13-12-26(35(31,32)23-7-4-14-33-23)16-21(27)17-34(29,30)22-6-3-5-19(25)15-22/h2*3-11,14-15,21,28H,12-13,16-17H2,1-2H3/t2*21-/m11/s1. The van der Waals surface area contributed by atoms with Gasteiger partial charge < -0.3 is 20.0 Å². The van der Waals surface area contributed by atoms with Crippen LogP contribution in [0.3, 0.4) is 0 Å². The van der Waals surface area contributed by atoms with Gasteiger partial charge in [0.05, 0.1) is 44.6 Å². The first kappa shape index (κ1) is 53.2. The van der Waals surface area contributed by atoms with E-state index in [9.17, 15) is 52.7 Å². The molecular formula is C48H54F2N4O10S6. The summed E-state index contributed by atoms with van der Waals surface area (Å²) in [6.45, 7) is 7.52. The fourth-order valence-electron chi connectivity index (χ4n) is 8.27. The van der Waals surface area contributed by atoms with Crippen LogP contribution in [0.25, 0.3) is 0 Å². The second-order valence-corrected chi connectivity index (χ2v) is 28.3. The van der Waals surface area contributed by atoms with Crippen LogP contribution in [0.2, 0.25) is 0 Å². The second kappa shape index (κ2) is 20.8. The van der Waals surface area contributed by atoms with E-state index in [-0.39, 0.29) is 69.0 Å². The quantitative estimate of drug-likeness (QED) is 0.115. The minimum atomic E-state index is -3.92. The number of benzene rings is 4. The highest BCUT2D eigenvalue weighted by Gasteiger charge is 2.39. The van der Waals surface area contributed by atoms with Crippen LogP contribution in [0.1, 0.15) is 38.8 Å². The molecule has 0 bridgehead atoms. The average Bonchev–Trinajstić information content (AvgIpc) is 4.06. The minimum Gasteiger partial charge on any atom is -0.386 e. The van der Waals surface area contributed by atoms with Gasteiger partial charge in [-0.2, -0.15) is 8.61 Å². The molecule has 6 aromatic rings. The van der Waals surface area contributed by atoms with Crippen molar-refractivity contribution in [2.24, 2.45) is 0 Å². The van der Waals surface area contributed by atoms with Gasteiger partial charge in [0.25, 0.3) is 20.0 Å². The summed E-state index contributed by atoms with van der Waals surface area (Å²) >= 11 is 2.22. The molecule has 2 aliphatic rings. The molecule has 0 amide bonds. The molecule has 4 heterocycles. The summed E-state index contributed by atoms with van der Waals surface area (Å²) in [6, 6.07) is 28.8. The summed E-state index contributed by atoms with van der Waals surface area (Å²) in [7, 11) is -15.4. The molecule has 2 aliphatic heterocycles. The van der Waals surface area contributed by atoms with Gasteiger partial charge in [0.15, 0.2) is 19.7 Å². The van der Waals surface area contributed by atoms with Gasteiger partial charge >= 0.3 is 0 Å². The first-order chi connectivity index (χ1) is 32.8. The van der Waals surface area contributed by atoms with Crippen molar-refractivity contribution in [1.82, 2.24) is 8.61 Å². The number of hydrogen-bond donors (Lipinski definition) is 2. The van der Waals surface area contributed by atoms with Crippen molar-refractivity contribution < 1.29 is 52.7 Å². The fraction of sp³-hybridized carbons (Fsp3) is 0.333. The molecule has 0 saturated carbocycles. The van der Waals surface area contributed by atoms with E-state index in [4.69, 9.17) is 0 Å². The highest BCUT2D eigenvalue weighted by atomic mass is 32.3. The van der Waals surface area contributed by atoms with Gasteiger partial charge in [-0.05, 0) is 122 Å². The molecule has 0 spiro atoms. The van der Waals surface area contributed by atoms with Gasteiger partial charge in [0.1, 0.15) is 20.1 Å². The lowest BCUT2D eigenvalue weighted by Crippen LogP contribution is -2.57. The molecule has 0 radical (unpaired) electrons. The topological polar surface area (TPSA) is 190 Å². The largest absolute Gasteiger partial charge is 0.386 e. The lowest BCUT2D eigenvalue weighted by atomic mass is 9.98. The third kappa shape index (κ3) is 12.3. The molecule has 22 heteroatoms. The third-order valence-corrected chi connectivity index (χ3v) is 22.1. The smallest absolute Gasteiger partial charge is 0.252 e. The summed E-state index contributed by atoms with van der Waals surface area (Å²) in [6.07, 6.45) is 0. The van der Waals surface area contributed by atoms with E-state index in [1.165, 1.54) is 57.1 Å².